The fraction of sp³-hybridized carbons (Fsp3) is 0.500. The molecular formula is C10H15N3. The Hall–Kier alpha value is -1.09. The third-order valence-corrected chi connectivity index (χ3v) is 2.57. The lowest BCUT2D eigenvalue weighted by molar-refractivity contribution is 0.461. The van der Waals surface area contributed by atoms with Crippen LogP contribution in [0.4, 0.5) is 5.82 Å². The molecule has 1 aliphatic rings. The molecule has 3 N–H and O–H groups in total. The van der Waals surface area contributed by atoms with E-state index in [-0.39, 0.29) is 0 Å². The maximum atomic E-state index is 5.63. The summed E-state index contributed by atoms with van der Waals surface area (Å²) in [4.78, 5) is 3.99. The Morgan fingerprint density at radius 2 is 2.46 bits per heavy atom. The molecule has 0 aromatic carbocycles. The van der Waals surface area contributed by atoms with Crippen LogP contribution in [0.3, 0.4) is 0 Å². The van der Waals surface area contributed by atoms with Gasteiger partial charge >= 0.3 is 0 Å². The van der Waals surface area contributed by atoms with Crippen molar-refractivity contribution in [3.8, 4) is 0 Å². The number of nitrogens with one attached hydrogen (secondary N) is 1. The summed E-state index contributed by atoms with van der Waals surface area (Å²) >= 11 is 0. The standard InChI is InChI=1S/C10H15N3/c11-10-6-8(3-5-13-10)9-2-1-4-12-7-9/h3,5-6,9,12H,1-2,4,7H2,(H2,11,13). The minimum atomic E-state index is 0.624. The quantitative estimate of drug-likeness (QED) is 0.676. The molecule has 0 amide bonds. The van der Waals surface area contributed by atoms with E-state index in [1.807, 2.05) is 6.07 Å². The smallest absolute Gasteiger partial charge is 0.123 e. The summed E-state index contributed by atoms with van der Waals surface area (Å²) in [5, 5.41) is 3.39. The Kier molecular flexibility index (Phi) is 2.45. The zero-order chi connectivity index (χ0) is 9.10. The van der Waals surface area contributed by atoms with Crippen LogP contribution < -0.4 is 11.1 Å². The van der Waals surface area contributed by atoms with E-state index in [1.165, 1.54) is 18.4 Å². The van der Waals surface area contributed by atoms with Crippen LogP contribution >= 0.6 is 0 Å². The van der Waals surface area contributed by atoms with Gasteiger partial charge in [-0.3, -0.25) is 0 Å². The lowest BCUT2D eigenvalue weighted by Crippen LogP contribution is -2.28. The molecule has 1 saturated heterocycles. The molecule has 13 heavy (non-hydrogen) atoms. The van der Waals surface area contributed by atoms with Crippen molar-refractivity contribution in [2.24, 2.45) is 0 Å². The number of pyridine rings is 1. The van der Waals surface area contributed by atoms with Crippen molar-refractivity contribution in [2.45, 2.75) is 18.8 Å². The molecule has 3 nitrogen and oxygen atoms in total. The number of nitrogens with zero attached hydrogens (tertiary/aromatic N) is 1. The minimum Gasteiger partial charge on any atom is -0.384 e. The average molecular weight is 177 g/mol. The Morgan fingerprint density at radius 1 is 1.54 bits per heavy atom. The van der Waals surface area contributed by atoms with Gasteiger partial charge in [-0.05, 0) is 43.0 Å². The number of piperidine rings is 1. The van der Waals surface area contributed by atoms with Crippen LogP contribution in [0, 0.1) is 0 Å². The number of hydrogen-bond donors (Lipinski definition) is 2. The zero-order valence-corrected chi connectivity index (χ0v) is 7.66. The first-order chi connectivity index (χ1) is 6.36. The van der Waals surface area contributed by atoms with Gasteiger partial charge < -0.3 is 11.1 Å². The predicted molar refractivity (Wildman–Crippen MR) is 53.5 cm³/mol. The van der Waals surface area contributed by atoms with E-state index in [2.05, 4.69) is 16.4 Å². The predicted octanol–water partition coefficient (Wildman–Crippen LogP) is 1.13. The highest BCUT2D eigenvalue weighted by Gasteiger charge is 2.14. The third kappa shape index (κ3) is 1.98. The van der Waals surface area contributed by atoms with E-state index in [9.17, 15) is 0 Å². The van der Waals surface area contributed by atoms with Crippen molar-refractivity contribution in [2.75, 3.05) is 18.8 Å². The second kappa shape index (κ2) is 3.75. The second-order valence-corrected chi connectivity index (χ2v) is 3.56. The molecule has 1 aliphatic heterocycles. The molecule has 1 aromatic rings. The molecule has 0 aliphatic carbocycles. The van der Waals surface area contributed by atoms with E-state index >= 15 is 0 Å². The fourth-order valence-corrected chi connectivity index (χ4v) is 1.86. The molecule has 0 spiro atoms. The number of rotatable bonds is 1. The Bertz CT molecular complexity index is 279. The van der Waals surface area contributed by atoms with Gasteiger partial charge in [0.15, 0.2) is 0 Å². The number of nitrogens with two attached hydrogens (primary N) is 1. The van der Waals surface area contributed by atoms with Gasteiger partial charge in [-0.1, -0.05) is 0 Å². The maximum Gasteiger partial charge on any atom is 0.123 e. The lowest BCUT2D eigenvalue weighted by atomic mass is 9.92. The highest BCUT2D eigenvalue weighted by atomic mass is 14.9. The molecule has 1 aromatic heterocycles. The van der Waals surface area contributed by atoms with E-state index in [4.69, 9.17) is 5.73 Å². The van der Waals surface area contributed by atoms with Gasteiger partial charge in [0.05, 0.1) is 0 Å². The van der Waals surface area contributed by atoms with E-state index in [0.29, 0.717) is 11.7 Å². The van der Waals surface area contributed by atoms with Gasteiger partial charge in [0.2, 0.25) is 0 Å². The van der Waals surface area contributed by atoms with Gasteiger partial charge in [0.25, 0.3) is 0 Å². The largest absolute Gasteiger partial charge is 0.384 e. The molecule has 3 heteroatoms. The number of nitrogen functional groups attached to an aromatic ring is 1. The lowest BCUT2D eigenvalue weighted by Gasteiger charge is -2.22. The molecule has 1 fully saturated rings. The Balaban J connectivity index is 2.14. The fourth-order valence-electron chi connectivity index (χ4n) is 1.86. The van der Waals surface area contributed by atoms with Gasteiger partial charge in [-0.15, -0.1) is 0 Å². The van der Waals surface area contributed by atoms with Crippen molar-refractivity contribution < 1.29 is 0 Å². The van der Waals surface area contributed by atoms with Crippen molar-refractivity contribution in [3.63, 3.8) is 0 Å². The van der Waals surface area contributed by atoms with Crippen LogP contribution in [-0.4, -0.2) is 18.1 Å². The zero-order valence-electron chi connectivity index (χ0n) is 7.66. The van der Waals surface area contributed by atoms with Crippen LogP contribution in [-0.2, 0) is 0 Å². The van der Waals surface area contributed by atoms with Gasteiger partial charge in [0.1, 0.15) is 5.82 Å². The number of aromatic nitrogens is 1. The molecule has 1 atom stereocenters. The van der Waals surface area contributed by atoms with Gasteiger partial charge in [0, 0.05) is 12.7 Å². The highest BCUT2D eigenvalue weighted by Crippen LogP contribution is 2.23. The summed E-state index contributed by atoms with van der Waals surface area (Å²) in [5.74, 6) is 1.25. The summed E-state index contributed by atoms with van der Waals surface area (Å²) in [7, 11) is 0. The molecule has 1 unspecified atom stereocenters. The molecule has 0 bridgehead atoms. The Labute approximate surface area is 78.4 Å². The van der Waals surface area contributed by atoms with E-state index in [1.54, 1.807) is 6.20 Å². The number of anilines is 1. The summed E-state index contributed by atoms with van der Waals surface area (Å²) in [6.07, 6.45) is 4.31. The summed E-state index contributed by atoms with van der Waals surface area (Å²) in [5.41, 5.74) is 6.95. The highest BCUT2D eigenvalue weighted by molar-refractivity contribution is 5.34. The van der Waals surface area contributed by atoms with Gasteiger partial charge in [-0.25, -0.2) is 4.98 Å². The van der Waals surface area contributed by atoms with Crippen LogP contribution in [0.2, 0.25) is 0 Å². The summed E-state index contributed by atoms with van der Waals surface area (Å²) < 4.78 is 0. The molecule has 2 heterocycles. The summed E-state index contributed by atoms with van der Waals surface area (Å²) in [6.45, 7) is 2.22. The van der Waals surface area contributed by atoms with E-state index in [0.717, 1.165) is 13.1 Å². The summed E-state index contributed by atoms with van der Waals surface area (Å²) in [6, 6.07) is 4.05. The van der Waals surface area contributed by atoms with Crippen molar-refractivity contribution >= 4 is 5.82 Å². The SMILES string of the molecule is Nc1cc(C2CCCNC2)ccn1. The monoisotopic (exact) mass is 177 g/mol. The minimum absolute atomic E-state index is 0.624. The third-order valence-electron chi connectivity index (χ3n) is 2.57. The van der Waals surface area contributed by atoms with Crippen LogP contribution in [0.5, 0.6) is 0 Å². The van der Waals surface area contributed by atoms with E-state index < -0.39 is 0 Å². The topological polar surface area (TPSA) is 50.9 Å². The average Bonchev–Trinajstić information content (AvgIpc) is 2.19. The molecule has 0 saturated carbocycles. The first-order valence-corrected chi connectivity index (χ1v) is 4.78. The first kappa shape index (κ1) is 8.51. The maximum absolute atomic E-state index is 5.63. The van der Waals surface area contributed by atoms with Crippen LogP contribution in [0.1, 0.15) is 24.3 Å². The molecule has 2 rings (SSSR count). The van der Waals surface area contributed by atoms with Gasteiger partial charge in [-0.2, -0.15) is 0 Å². The van der Waals surface area contributed by atoms with Crippen molar-refractivity contribution in [1.82, 2.24) is 10.3 Å². The molecule has 70 valence electrons. The van der Waals surface area contributed by atoms with Crippen molar-refractivity contribution in [3.05, 3.63) is 23.9 Å². The Morgan fingerprint density at radius 3 is 3.15 bits per heavy atom. The normalized spacial score (nSPS) is 22.9. The second-order valence-electron chi connectivity index (χ2n) is 3.56. The van der Waals surface area contributed by atoms with Crippen molar-refractivity contribution in [1.29, 1.82) is 0 Å². The molecule has 0 radical (unpaired) electrons. The first-order valence-electron chi connectivity index (χ1n) is 4.78. The number of hydrogen-bond acceptors (Lipinski definition) is 3. The molecular weight excluding hydrogens is 162 g/mol. The van der Waals surface area contributed by atoms with Crippen LogP contribution in [0.25, 0.3) is 0 Å². The van der Waals surface area contributed by atoms with Crippen LogP contribution in [0.15, 0.2) is 18.3 Å².